The number of hydrogen-bond donors (Lipinski definition) is 0. The van der Waals surface area contributed by atoms with E-state index < -0.39 is 0 Å². The normalized spacial score (nSPS) is 18.7. The van der Waals surface area contributed by atoms with Crippen LogP contribution in [0.5, 0.6) is 0 Å². The van der Waals surface area contributed by atoms with E-state index in [1.165, 1.54) is 21.6 Å². The van der Waals surface area contributed by atoms with Crippen molar-refractivity contribution in [1.82, 2.24) is 0 Å². The van der Waals surface area contributed by atoms with Gasteiger partial charge in [0.2, 0.25) is 0 Å². The largest absolute Gasteiger partial charge is 0.142 e. The molecule has 1 aliphatic rings. The van der Waals surface area contributed by atoms with E-state index in [1.807, 2.05) is 11.8 Å². The minimum absolute atomic E-state index is 0.208. The molecule has 1 unspecified atom stereocenters. The van der Waals surface area contributed by atoms with E-state index >= 15 is 0 Å². The van der Waals surface area contributed by atoms with Crippen LogP contribution in [0.2, 0.25) is 0 Å². The van der Waals surface area contributed by atoms with Crippen LogP contribution in [-0.4, -0.2) is 14.2 Å². The predicted molar refractivity (Wildman–Crippen MR) is 123 cm³/mol. The zero-order chi connectivity index (χ0) is 19.2. The van der Waals surface area contributed by atoms with Gasteiger partial charge in [0, 0.05) is 24.1 Å². The zero-order valence-corrected chi connectivity index (χ0v) is 20.0. The van der Waals surface area contributed by atoms with E-state index in [4.69, 9.17) is 0 Å². The standard InChI is InChI=1S/C22H34S3/c1-14-12-11-13-15-16(14)18(24-21(5,6)7)19(25-22(8,9)10)17(15)23-20(2,3)4/h11-13,17H,1-10H3. The second-order valence-corrected chi connectivity index (χ2v) is 15.4. The first kappa shape index (κ1) is 21.3. The summed E-state index contributed by atoms with van der Waals surface area (Å²) in [4.78, 5) is 3.08. The van der Waals surface area contributed by atoms with E-state index in [0.717, 1.165) is 0 Å². The van der Waals surface area contributed by atoms with Crippen LogP contribution in [0.1, 0.15) is 84.3 Å². The maximum Gasteiger partial charge on any atom is 0.0629 e. The van der Waals surface area contributed by atoms with Crippen molar-refractivity contribution in [3.8, 4) is 0 Å². The average Bonchev–Trinajstić information content (AvgIpc) is 2.61. The lowest BCUT2D eigenvalue weighted by molar-refractivity contribution is 0.795. The molecule has 0 saturated heterocycles. The molecule has 0 radical (unpaired) electrons. The van der Waals surface area contributed by atoms with Crippen LogP contribution in [-0.2, 0) is 0 Å². The summed E-state index contributed by atoms with van der Waals surface area (Å²) in [7, 11) is 0. The van der Waals surface area contributed by atoms with Gasteiger partial charge in [0.1, 0.15) is 0 Å². The first-order valence-electron chi connectivity index (χ1n) is 9.08. The molecule has 0 nitrogen and oxygen atoms in total. The van der Waals surface area contributed by atoms with Crippen LogP contribution in [0.15, 0.2) is 23.1 Å². The van der Waals surface area contributed by atoms with Gasteiger partial charge in [-0.1, -0.05) is 80.5 Å². The van der Waals surface area contributed by atoms with Gasteiger partial charge in [0.15, 0.2) is 0 Å². The zero-order valence-electron chi connectivity index (χ0n) is 17.5. The summed E-state index contributed by atoms with van der Waals surface area (Å²) < 4.78 is 0.656. The van der Waals surface area contributed by atoms with Crippen molar-refractivity contribution >= 4 is 40.2 Å². The Kier molecular flexibility index (Phi) is 6.14. The van der Waals surface area contributed by atoms with Gasteiger partial charge in [-0.15, -0.1) is 35.3 Å². The number of aryl methyl sites for hydroxylation is 1. The SMILES string of the molecule is Cc1cccc2c1C(SC(C)(C)C)=C(SC(C)(C)C)C2SC(C)(C)C. The molecule has 0 bridgehead atoms. The highest BCUT2D eigenvalue weighted by Gasteiger charge is 2.38. The molecule has 140 valence electrons. The van der Waals surface area contributed by atoms with Crippen molar-refractivity contribution in [2.75, 3.05) is 0 Å². The summed E-state index contributed by atoms with van der Waals surface area (Å²) in [6.07, 6.45) is 0. The lowest BCUT2D eigenvalue weighted by atomic mass is 10.0. The maximum absolute atomic E-state index is 2.35. The molecule has 3 heteroatoms. The molecule has 0 N–H and O–H groups in total. The number of thioether (sulfide) groups is 3. The molecular formula is C22H34S3. The van der Waals surface area contributed by atoms with Gasteiger partial charge in [-0.2, -0.15) is 0 Å². The van der Waals surface area contributed by atoms with Gasteiger partial charge in [-0.3, -0.25) is 0 Å². The fraction of sp³-hybridized carbons (Fsp3) is 0.636. The van der Waals surface area contributed by atoms with Crippen molar-refractivity contribution < 1.29 is 0 Å². The van der Waals surface area contributed by atoms with Crippen LogP contribution in [0, 0.1) is 6.92 Å². The second-order valence-electron chi connectivity index (χ2n) is 9.77. The van der Waals surface area contributed by atoms with Crippen molar-refractivity contribution in [2.24, 2.45) is 0 Å². The minimum atomic E-state index is 0.208. The molecule has 25 heavy (non-hydrogen) atoms. The summed E-state index contributed by atoms with van der Waals surface area (Å²) >= 11 is 6.21. The van der Waals surface area contributed by atoms with E-state index in [0.29, 0.717) is 5.25 Å². The van der Waals surface area contributed by atoms with E-state index in [1.54, 1.807) is 4.91 Å². The Labute approximate surface area is 168 Å². The number of rotatable bonds is 3. The molecule has 0 heterocycles. The number of fused-ring (bicyclic) bond motifs is 1. The Morgan fingerprint density at radius 1 is 0.760 bits per heavy atom. The quantitative estimate of drug-likeness (QED) is 0.506. The van der Waals surface area contributed by atoms with Crippen molar-refractivity contribution in [2.45, 2.75) is 88.7 Å². The van der Waals surface area contributed by atoms with Gasteiger partial charge in [-0.25, -0.2) is 0 Å². The molecule has 0 aliphatic heterocycles. The first-order chi connectivity index (χ1) is 11.2. The molecule has 0 amide bonds. The van der Waals surface area contributed by atoms with Crippen molar-refractivity contribution in [3.63, 3.8) is 0 Å². The van der Waals surface area contributed by atoms with Crippen LogP contribution < -0.4 is 0 Å². The van der Waals surface area contributed by atoms with Crippen LogP contribution in [0.3, 0.4) is 0 Å². The fourth-order valence-corrected chi connectivity index (χ4v) is 7.08. The smallest absolute Gasteiger partial charge is 0.0629 e. The molecular weight excluding hydrogens is 360 g/mol. The minimum Gasteiger partial charge on any atom is -0.142 e. The molecule has 1 aromatic carbocycles. The molecule has 1 aliphatic carbocycles. The van der Waals surface area contributed by atoms with Gasteiger partial charge >= 0.3 is 0 Å². The highest BCUT2D eigenvalue weighted by Crippen LogP contribution is 2.61. The summed E-state index contributed by atoms with van der Waals surface area (Å²) in [6.45, 7) is 23.2. The summed E-state index contributed by atoms with van der Waals surface area (Å²) in [5.74, 6) is 0. The van der Waals surface area contributed by atoms with Gasteiger partial charge in [0.25, 0.3) is 0 Å². The highest BCUT2D eigenvalue weighted by molar-refractivity contribution is 8.13. The van der Waals surface area contributed by atoms with Crippen LogP contribution in [0.4, 0.5) is 0 Å². The lowest BCUT2D eigenvalue weighted by Crippen LogP contribution is -2.14. The third kappa shape index (κ3) is 5.74. The average molecular weight is 395 g/mol. The Morgan fingerprint density at radius 2 is 1.32 bits per heavy atom. The molecule has 0 fully saturated rings. The summed E-state index contributed by atoms with van der Waals surface area (Å²) in [5.41, 5.74) is 4.42. The fourth-order valence-electron chi connectivity index (χ4n) is 2.91. The molecule has 0 spiro atoms. The van der Waals surface area contributed by atoms with Crippen LogP contribution >= 0.6 is 35.3 Å². The third-order valence-electron chi connectivity index (χ3n) is 3.57. The Hall–Kier alpha value is 0.01000. The topological polar surface area (TPSA) is 0 Å². The van der Waals surface area contributed by atoms with Crippen LogP contribution in [0.25, 0.3) is 4.91 Å². The number of hydrogen-bond acceptors (Lipinski definition) is 3. The molecule has 1 atom stereocenters. The highest BCUT2D eigenvalue weighted by atomic mass is 32.2. The van der Waals surface area contributed by atoms with E-state index in [-0.39, 0.29) is 14.2 Å². The van der Waals surface area contributed by atoms with Gasteiger partial charge in [-0.05, 0) is 23.6 Å². The van der Waals surface area contributed by atoms with Crippen molar-refractivity contribution in [1.29, 1.82) is 0 Å². The lowest BCUT2D eigenvalue weighted by Gasteiger charge is -2.29. The van der Waals surface area contributed by atoms with Crippen molar-refractivity contribution in [3.05, 3.63) is 39.8 Å². The Morgan fingerprint density at radius 3 is 1.80 bits per heavy atom. The molecule has 1 aromatic rings. The summed E-state index contributed by atoms with van der Waals surface area (Å²) in [6, 6.07) is 6.85. The molecule has 0 aromatic heterocycles. The van der Waals surface area contributed by atoms with E-state index in [9.17, 15) is 0 Å². The first-order valence-corrected chi connectivity index (χ1v) is 11.6. The maximum atomic E-state index is 2.35. The molecule has 0 saturated carbocycles. The predicted octanol–water partition coefficient (Wildman–Crippen LogP) is 8.31. The Bertz CT molecular complexity index is 664. The third-order valence-corrected chi connectivity index (χ3v) is 7.80. The summed E-state index contributed by atoms with van der Waals surface area (Å²) in [5, 5.41) is 0.448. The molecule has 2 rings (SSSR count). The van der Waals surface area contributed by atoms with Gasteiger partial charge < -0.3 is 0 Å². The van der Waals surface area contributed by atoms with E-state index in [2.05, 4.69) is 111 Å². The monoisotopic (exact) mass is 394 g/mol. The Balaban J connectivity index is 2.66. The number of benzene rings is 1. The second kappa shape index (κ2) is 7.20. The van der Waals surface area contributed by atoms with Gasteiger partial charge in [0.05, 0.1) is 5.25 Å².